The highest BCUT2D eigenvalue weighted by Crippen LogP contribution is 2.18. The van der Waals surface area contributed by atoms with Gasteiger partial charge in [-0.3, -0.25) is 14.9 Å². The summed E-state index contributed by atoms with van der Waals surface area (Å²) in [7, 11) is 0. The third-order valence-electron chi connectivity index (χ3n) is 2.78. The topological polar surface area (TPSA) is 85.4 Å². The van der Waals surface area contributed by atoms with E-state index in [0.29, 0.717) is 23.6 Å². The minimum Gasteiger partial charge on any atom is -0.401 e. The largest absolute Gasteiger partial charge is 0.433 e. The number of rotatable bonds is 6. The molecule has 1 amide bonds. The number of hydrogen-bond donors (Lipinski definition) is 2. The van der Waals surface area contributed by atoms with E-state index >= 15 is 0 Å². The summed E-state index contributed by atoms with van der Waals surface area (Å²) in [6.45, 7) is 0.498. The van der Waals surface area contributed by atoms with E-state index < -0.39 is 4.92 Å². The third-order valence-corrected chi connectivity index (χ3v) is 3.00. The standard InChI is InChI=1S/C15H14N2O4S/c18-15(16-8-9-22)12-3-1-2-11(10-12)4-5-13-6-7-14(21-13)17(19)20/h1-7,10,22H,8-9H2,(H,16,18)/b5-4+. The Morgan fingerprint density at radius 1 is 1.32 bits per heavy atom. The maximum Gasteiger partial charge on any atom is 0.433 e. The fourth-order valence-corrected chi connectivity index (χ4v) is 1.88. The van der Waals surface area contributed by atoms with Crippen molar-refractivity contribution in [1.29, 1.82) is 0 Å². The van der Waals surface area contributed by atoms with E-state index in [4.69, 9.17) is 4.42 Å². The Kier molecular flexibility index (Phi) is 5.37. The quantitative estimate of drug-likeness (QED) is 0.487. The first-order valence-corrected chi connectivity index (χ1v) is 7.15. The second-order valence-electron chi connectivity index (χ2n) is 4.37. The lowest BCUT2D eigenvalue weighted by atomic mass is 10.1. The molecule has 22 heavy (non-hydrogen) atoms. The van der Waals surface area contributed by atoms with Crippen LogP contribution in [0.2, 0.25) is 0 Å². The van der Waals surface area contributed by atoms with Gasteiger partial charge >= 0.3 is 5.88 Å². The van der Waals surface area contributed by atoms with Gasteiger partial charge in [-0.15, -0.1) is 0 Å². The molecule has 6 nitrogen and oxygen atoms in total. The molecule has 0 spiro atoms. The van der Waals surface area contributed by atoms with Gasteiger partial charge < -0.3 is 9.73 Å². The molecule has 0 aliphatic rings. The predicted octanol–water partition coefficient (Wildman–Crippen LogP) is 3.02. The number of carbonyl (C=O) groups excluding carboxylic acids is 1. The van der Waals surface area contributed by atoms with E-state index in [0.717, 1.165) is 5.56 Å². The van der Waals surface area contributed by atoms with Crippen molar-refractivity contribution in [2.75, 3.05) is 12.3 Å². The van der Waals surface area contributed by atoms with Gasteiger partial charge in [0.1, 0.15) is 10.7 Å². The minimum absolute atomic E-state index is 0.169. The first kappa shape index (κ1) is 15.8. The van der Waals surface area contributed by atoms with Crippen molar-refractivity contribution in [3.05, 3.63) is 63.4 Å². The van der Waals surface area contributed by atoms with Gasteiger partial charge in [0.2, 0.25) is 0 Å². The minimum atomic E-state index is -0.594. The van der Waals surface area contributed by atoms with Gasteiger partial charge in [0.05, 0.1) is 6.07 Å². The third kappa shape index (κ3) is 4.23. The Labute approximate surface area is 132 Å². The molecular formula is C15H14N2O4S. The number of benzene rings is 1. The molecule has 2 aromatic rings. The fraction of sp³-hybridized carbons (Fsp3) is 0.133. The number of amides is 1. The molecule has 114 valence electrons. The molecule has 0 fully saturated rings. The molecule has 7 heteroatoms. The lowest BCUT2D eigenvalue weighted by Gasteiger charge is -2.03. The van der Waals surface area contributed by atoms with Crippen LogP contribution in [-0.4, -0.2) is 23.1 Å². The van der Waals surface area contributed by atoms with Crippen LogP contribution in [0.25, 0.3) is 12.2 Å². The summed E-state index contributed by atoms with van der Waals surface area (Å²) in [6, 6.07) is 9.83. The zero-order valence-corrected chi connectivity index (χ0v) is 12.5. The van der Waals surface area contributed by atoms with Gasteiger partial charge in [0.25, 0.3) is 5.91 Å². The van der Waals surface area contributed by atoms with Gasteiger partial charge in [-0.25, -0.2) is 0 Å². The van der Waals surface area contributed by atoms with E-state index in [1.165, 1.54) is 12.1 Å². The van der Waals surface area contributed by atoms with Crippen molar-refractivity contribution in [2.45, 2.75) is 0 Å². The summed E-state index contributed by atoms with van der Waals surface area (Å²) in [4.78, 5) is 21.8. The Balaban J connectivity index is 2.10. The highest BCUT2D eigenvalue weighted by atomic mass is 32.1. The molecule has 1 N–H and O–H groups in total. The van der Waals surface area contributed by atoms with Gasteiger partial charge in [0, 0.05) is 17.9 Å². The van der Waals surface area contributed by atoms with Crippen molar-refractivity contribution in [3.63, 3.8) is 0 Å². The van der Waals surface area contributed by atoms with Crippen molar-refractivity contribution < 1.29 is 14.1 Å². The van der Waals surface area contributed by atoms with Crippen molar-refractivity contribution in [1.82, 2.24) is 5.32 Å². The number of nitro groups is 1. The number of furan rings is 1. The lowest BCUT2D eigenvalue weighted by Crippen LogP contribution is -2.25. The van der Waals surface area contributed by atoms with Crippen molar-refractivity contribution in [3.8, 4) is 0 Å². The summed E-state index contributed by atoms with van der Waals surface area (Å²) in [5, 5.41) is 13.3. The van der Waals surface area contributed by atoms with E-state index in [9.17, 15) is 14.9 Å². The van der Waals surface area contributed by atoms with E-state index in [1.807, 2.05) is 6.07 Å². The number of nitrogens with zero attached hydrogens (tertiary/aromatic N) is 1. The van der Waals surface area contributed by atoms with Gasteiger partial charge in [0.15, 0.2) is 0 Å². The monoisotopic (exact) mass is 318 g/mol. The Morgan fingerprint density at radius 2 is 2.14 bits per heavy atom. The summed E-state index contributed by atoms with van der Waals surface area (Å²) in [6.07, 6.45) is 3.33. The van der Waals surface area contributed by atoms with Crippen molar-refractivity contribution in [2.24, 2.45) is 0 Å². The molecule has 1 aromatic carbocycles. The summed E-state index contributed by atoms with van der Waals surface area (Å²) < 4.78 is 5.02. The van der Waals surface area contributed by atoms with Gasteiger partial charge in [-0.05, 0) is 29.8 Å². The molecule has 0 radical (unpaired) electrons. The molecule has 0 saturated carbocycles. The number of hydrogen-bond acceptors (Lipinski definition) is 5. The first-order valence-electron chi connectivity index (χ1n) is 6.51. The Bertz CT molecular complexity index is 709. The average Bonchev–Trinajstić information content (AvgIpc) is 3.00. The molecule has 0 atom stereocenters. The molecule has 0 aliphatic heterocycles. The summed E-state index contributed by atoms with van der Waals surface area (Å²) in [5.74, 6) is 0.469. The maximum absolute atomic E-state index is 11.8. The molecule has 2 rings (SSSR count). The smallest absolute Gasteiger partial charge is 0.401 e. The SMILES string of the molecule is O=C(NCCS)c1cccc(/C=C/c2ccc([N+](=O)[O-])o2)c1. The van der Waals surface area contributed by atoms with Crippen LogP contribution in [0.5, 0.6) is 0 Å². The second-order valence-corrected chi connectivity index (χ2v) is 4.82. The van der Waals surface area contributed by atoms with E-state index in [-0.39, 0.29) is 11.8 Å². The Morgan fingerprint density at radius 3 is 2.82 bits per heavy atom. The number of thiol groups is 1. The predicted molar refractivity (Wildman–Crippen MR) is 86.9 cm³/mol. The van der Waals surface area contributed by atoms with Gasteiger partial charge in [-0.2, -0.15) is 12.6 Å². The van der Waals surface area contributed by atoms with Crippen LogP contribution in [0.1, 0.15) is 21.7 Å². The second kappa shape index (κ2) is 7.46. The normalized spacial score (nSPS) is 10.8. The molecule has 0 saturated heterocycles. The van der Waals surface area contributed by atoms with Crippen LogP contribution in [0, 0.1) is 10.1 Å². The van der Waals surface area contributed by atoms with Crippen LogP contribution in [0.4, 0.5) is 5.88 Å². The zero-order valence-electron chi connectivity index (χ0n) is 11.6. The average molecular weight is 318 g/mol. The zero-order chi connectivity index (χ0) is 15.9. The highest BCUT2D eigenvalue weighted by molar-refractivity contribution is 7.80. The molecular weight excluding hydrogens is 304 g/mol. The Hall–Kier alpha value is -2.54. The first-order chi connectivity index (χ1) is 10.6. The van der Waals surface area contributed by atoms with Crippen molar-refractivity contribution >= 4 is 36.6 Å². The molecule has 1 heterocycles. The van der Waals surface area contributed by atoms with E-state index in [1.54, 1.807) is 30.4 Å². The van der Waals surface area contributed by atoms with Crippen LogP contribution in [0.3, 0.4) is 0 Å². The molecule has 0 bridgehead atoms. The fourth-order valence-electron chi connectivity index (χ4n) is 1.76. The highest BCUT2D eigenvalue weighted by Gasteiger charge is 2.10. The van der Waals surface area contributed by atoms with Crippen LogP contribution in [0.15, 0.2) is 40.8 Å². The van der Waals surface area contributed by atoms with Gasteiger partial charge in [-0.1, -0.05) is 18.2 Å². The van der Waals surface area contributed by atoms with Crippen LogP contribution < -0.4 is 5.32 Å². The summed E-state index contributed by atoms with van der Waals surface area (Å²) in [5.41, 5.74) is 1.33. The van der Waals surface area contributed by atoms with Crippen LogP contribution >= 0.6 is 12.6 Å². The maximum atomic E-state index is 11.8. The van der Waals surface area contributed by atoms with Crippen LogP contribution in [-0.2, 0) is 0 Å². The number of carbonyl (C=O) groups is 1. The summed E-state index contributed by atoms with van der Waals surface area (Å²) >= 11 is 4.03. The molecule has 0 aliphatic carbocycles. The van der Waals surface area contributed by atoms with E-state index in [2.05, 4.69) is 17.9 Å². The molecule has 0 unspecified atom stereocenters. The molecule has 1 aromatic heterocycles. The lowest BCUT2D eigenvalue weighted by molar-refractivity contribution is -0.402. The number of nitrogens with one attached hydrogen (secondary N) is 1.